The van der Waals surface area contributed by atoms with Gasteiger partial charge >= 0.3 is 0 Å². The maximum Gasteiger partial charge on any atom is 0.295 e. The lowest BCUT2D eigenvalue weighted by atomic mass is 9.95. The van der Waals surface area contributed by atoms with Gasteiger partial charge in [-0.3, -0.25) is 18.9 Å². The highest BCUT2D eigenvalue weighted by Crippen LogP contribution is 2.44. The number of rotatable bonds is 7. The van der Waals surface area contributed by atoms with Gasteiger partial charge in [0, 0.05) is 32.4 Å². The first-order chi connectivity index (χ1) is 18.3. The molecule has 0 aliphatic carbocycles. The Labute approximate surface area is 228 Å². The standard InChI is InChI=1S/C27H29BrN4O6/c1-16-22(31-8-4-3-6-20(31)29-16)25(34)21-23(17-14-18(28)24(33)19(15-17)37-2)32(27(36)26(21)35)9-5-7-30-10-12-38-13-11-30/h3-4,6,8,14-15,23,33-34H,5,7,9-13H2,1-2H3/b25-21+. The number of methoxy groups -OCH3 is 1. The van der Waals surface area contributed by atoms with E-state index < -0.39 is 17.7 Å². The molecule has 10 nitrogen and oxygen atoms in total. The van der Waals surface area contributed by atoms with E-state index in [1.165, 1.54) is 12.0 Å². The van der Waals surface area contributed by atoms with E-state index in [-0.39, 0.29) is 22.8 Å². The summed E-state index contributed by atoms with van der Waals surface area (Å²) in [5.41, 5.74) is 1.97. The number of phenolic OH excluding ortho intramolecular Hbond substituents is 1. The number of carbonyl (C=O) groups excluding carboxylic acids is 2. The van der Waals surface area contributed by atoms with Gasteiger partial charge in [-0.05, 0) is 59.1 Å². The quantitative estimate of drug-likeness (QED) is 0.247. The molecule has 200 valence electrons. The zero-order valence-electron chi connectivity index (χ0n) is 21.2. The summed E-state index contributed by atoms with van der Waals surface area (Å²) in [4.78, 5) is 35.1. The Morgan fingerprint density at radius 3 is 2.71 bits per heavy atom. The Morgan fingerprint density at radius 2 is 1.97 bits per heavy atom. The van der Waals surface area contributed by atoms with Crippen LogP contribution < -0.4 is 4.74 Å². The fourth-order valence-electron chi connectivity index (χ4n) is 5.18. The number of aromatic hydroxyl groups is 1. The highest BCUT2D eigenvalue weighted by atomic mass is 79.9. The number of fused-ring (bicyclic) bond motifs is 1. The number of likely N-dealkylation sites (tertiary alicyclic amines) is 1. The van der Waals surface area contributed by atoms with Gasteiger partial charge in [-0.25, -0.2) is 4.98 Å². The smallest absolute Gasteiger partial charge is 0.295 e. The van der Waals surface area contributed by atoms with Crippen LogP contribution in [-0.2, 0) is 14.3 Å². The number of aromatic nitrogens is 2. The first kappa shape index (κ1) is 26.2. The van der Waals surface area contributed by atoms with E-state index in [2.05, 4.69) is 25.8 Å². The molecule has 3 aromatic rings. The molecular weight excluding hydrogens is 556 g/mol. The second-order valence-corrected chi connectivity index (χ2v) is 10.2. The third-order valence-electron chi connectivity index (χ3n) is 7.03. The number of pyridine rings is 1. The van der Waals surface area contributed by atoms with Crippen molar-refractivity contribution in [3.8, 4) is 11.5 Å². The molecule has 1 unspecified atom stereocenters. The van der Waals surface area contributed by atoms with Gasteiger partial charge < -0.3 is 24.6 Å². The van der Waals surface area contributed by atoms with Crippen molar-refractivity contribution in [2.45, 2.75) is 19.4 Å². The Kier molecular flexibility index (Phi) is 7.42. The zero-order valence-corrected chi connectivity index (χ0v) is 22.8. The number of ether oxygens (including phenoxy) is 2. The SMILES string of the molecule is COc1cc(C2/C(=C(\O)c3c(C)nc4ccccn34)C(=O)C(=O)N2CCCN2CCOCC2)cc(Br)c1O. The van der Waals surface area contributed by atoms with Gasteiger partial charge in [-0.2, -0.15) is 0 Å². The average molecular weight is 585 g/mol. The average Bonchev–Trinajstić information content (AvgIpc) is 3.38. The number of phenols is 1. The first-order valence-corrected chi connectivity index (χ1v) is 13.2. The number of nitrogens with zero attached hydrogens (tertiary/aromatic N) is 4. The Morgan fingerprint density at radius 1 is 1.21 bits per heavy atom. The third kappa shape index (κ3) is 4.65. The summed E-state index contributed by atoms with van der Waals surface area (Å²) in [6.07, 6.45) is 2.38. The van der Waals surface area contributed by atoms with Crippen LogP contribution in [0.3, 0.4) is 0 Å². The second kappa shape index (κ2) is 10.8. The van der Waals surface area contributed by atoms with Crippen LogP contribution in [0.2, 0.25) is 0 Å². The maximum absolute atomic E-state index is 13.5. The van der Waals surface area contributed by atoms with Crippen LogP contribution in [0.15, 0.2) is 46.6 Å². The number of carbonyl (C=O) groups is 2. The molecule has 2 fully saturated rings. The molecule has 4 heterocycles. The molecule has 0 saturated carbocycles. The predicted octanol–water partition coefficient (Wildman–Crippen LogP) is 3.26. The van der Waals surface area contributed by atoms with Gasteiger partial charge in [0.15, 0.2) is 17.3 Å². The summed E-state index contributed by atoms with van der Waals surface area (Å²) in [5, 5.41) is 22.0. The number of benzene rings is 1. The minimum absolute atomic E-state index is 0.0326. The van der Waals surface area contributed by atoms with Gasteiger partial charge in [0.05, 0.1) is 42.1 Å². The van der Waals surface area contributed by atoms with Crippen LogP contribution >= 0.6 is 15.9 Å². The third-order valence-corrected chi connectivity index (χ3v) is 7.64. The Bertz CT molecular complexity index is 1430. The minimum atomic E-state index is -0.890. The minimum Gasteiger partial charge on any atom is -0.505 e. The van der Waals surface area contributed by atoms with Crippen LogP contribution in [0.5, 0.6) is 11.5 Å². The van der Waals surface area contributed by atoms with Crippen molar-refractivity contribution in [2.75, 3.05) is 46.5 Å². The molecule has 2 aliphatic rings. The van der Waals surface area contributed by atoms with Crippen molar-refractivity contribution in [3.05, 3.63) is 63.5 Å². The molecule has 2 N–H and O–H groups in total. The summed E-state index contributed by atoms with van der Waals surface area (Å²) in [6, 6.07) is 7.76. The molecule has 1 aromatic carbocycles. The normalized spacial score (nSPS) is 20.0. The number of hydrogen-bond acceptors (Lipinski definition) is 8. The fraction of sp³-hybridized carbons (Fsp3) is 0.370. The van der Waals surface area contributed by atoms with Crippen molar-refractivity contribution in [1.29, 1.82) is 0 Å². The van der Waals surface area contributed by atoms with E-state index in [1.807, 2.05) is 6.07 Å². The molecule has 2 aliphatic heterocycles. The lowest BCUT2D eigenvalue weighted by molar-refractivity contribution is -0.140. The molecule has 0 radical (unpaired) electrons. The molecule has 0 bridgehead atoms. The van der Waals surface area contributed by atoms with Crippen LogP contribution in [-0.4, -0.2) is 87.6 Å². The van der Waals surface area contributed by atoms with Crippen LogP contribution in [0.4, 0.5) is 0 Å². The van der Waals surface area contributed by atoms with Crippen LogP contribution in [0, 0.1) is 6.92 Å². The van der Waals surface area contributed by atoms with E-state index in [9.17, 15) is 19.8 Å². The number of hydrogen-bond donors (Lipinski definition) is 2. The highest BCUT2D eigenvalue weighted by Gasteiger charge is 2.46. The topological polar surface area (TPSA) is 117 Å². The van der Waals surface area contributed by atoms with Gasteiger partial charge in [-0.15, -0.1) is 0 Å². The van der Waals surface area contributed by atoms with E-state index in [0.717, 1.165) is 19.6 Å². The summed E-state index contributed by atoms with van der Waals surface area (Å²) >= 11 is 3.35. The highest BCUT2D eigenvalue weighted by molar-refractivity contribution is 9.10. The monoisotopic (exact) mass is 584 g/mol. The van der Waals surface area contributed by atoms with Crippen molar-refractivity contribution in [1.82, 2.24) is 19.2 Å². The van der Waals surface area contributed by atoms with E-state index in [1.54, 1.807) is 41.8 Å². The van der Waals surface area contributed by atoms with Crippen molar-refractivity contribution < 1.29 is 29.3 Å². The molecule has 2 saturated heterocycles. The van der Waals surface area contributed by atoms with E-state index in [0.29, 0.717) is 53.3 Å². The zero-order chi connectivity index (χ0) is 27.0. The van der Waals surface area contributed by atoms with Gasteiger partial charge in [0.1, 0.15) is 11.3 Å². The Balaban J connectivity index is 1.60. The lowest BCUT2D eigenvalue weighted by Gasteiger charge is -2.29. The number of halogens is 1. The van der Waals surface area contributed by atoms with E-state index >= 15 is 0 Å². The Hall–Kier alpha value is -3.41. The summed E-state index contributed by atoms with van der Waals surface area (Å²) in [6.45, 7) is 5.77. The molecule has 1 amide bonds. The van der Waals surface area contributed by atoms with Crippen LogP contribution in [0.1, 0.15) is 29.4 Å². The molecule has 0 spiro atoms. The number of aliphatic hydroxyl groups excluding tert-OH is 1. The van der Waals surface area contributed by atoms with Crippen molar-refractivity contribution in [3.63, 3.8) is 0 Å². The van der Waals surface area contributed by atoms with Crippen molar-refractivity contribution in [2.24, 2.45) is 0 Å². The molecule has 38 heavy (non-hydrogen) atoms. The van der Waals surface area contributed by atoms with Crippen LogP contribution in [0.25, 0.3) is 11.4 Å². The van der Waals surface area contributed by atoms with Crippen molar-refractivity contribution >= 4 is 39.0 Å². The second-order valence-electron chi connectivity index (χ2n) is 9.33. The van der Waals surface area contributed by atoms with E-state index in [4.69, 9.17) is 9.47 Å². The molecular formula is C27H29BrN4O6. The first-order valence-electron chi connectivity index (χ1n) is 12.4. The predicted molar refractivity (Wildman–Crippen MR) is 143 cm³/mol. The molecule has 5 rings (SSSR count). The summed E-state index contributed by atoms with van der Waals surface area (Å²) in [5.74, 6) is -1.68. The largest absolute Gasteiger partial charge is 0.505 e. The number of aryl methyl sites for hydroxylation is 1. The van der Waals surface area contributed by atoms with Gasteiger partial charge in [0.2, 0.25) is 0 Å². The number of ketones is 1. The van der Waals surface area contributed by atoms with Gasteiger partial charge in [0.25, 0.3) is 11.7 Å². The maximum atomic E-state index is 13.5. The molecule has 11 heteroatoms. The fourth-order valence-corrected chi connectivity index (χ4v) is 5.64. The summed E-state index contributed by atoms with van der Waals surface area (Å²) < 4.78 is 12.8. The number of aliphatic hydroxyl groups is 1. The number of Topliss-reactive ketones (excluding diaryl/α,β-unsaturated/α-hetero) is 1. The summed E-state index contributed by atoms with van der Waals surface area (Å²) in [7, 11) is 1.42. The van der Waals surface area contributed by atoms with Gasteiger partial charge in [-0.1, -0.05) is 6.07 Å². The number of morpholine rings is 1. The molecule has 2 aromatic heterocycles. The molecule has 1 atom stereocenters. The number of amides is 1. The lowest BCUT2D eigenvalue weighted by Crippen LogP contribution is -2.39. The number of imidazole rings is 1.